The van der Waals surface area contributed by atoms with Crippen molar-refractivity contribution in [3.63, 3.8) is 0 Å². The van der Waals surface area contributed by atoms with E-state index in [9.17, 15) is 0 Å². The molecule has 0 aliphatic heterocycles. The first-order valence-corrected chi connectivity index (χ1v) is 4.52. The number of aromatic nitrogens is 2. The van der Waals surface area contributed by atoms with Gasteiger partial charge in [-0.25, -0.2) is 0 Å². The van der Waals surface area contributed by atoms with Crippen LogP contribution in [0.5, 0.6) is 0 Å². The van der Waals surface area contributed by atoms with Crippen LogP contribution in [0.1, 0.15) is 0 Å². The number of hydrogen-bond acceptors (Lipinski definition) is 5. The van der Waals surface area contributed by atoms with Crippen LogP contribution < -0.4 is 16.4 Å². The third-order valence-corrected chi connectivity index (χ3v) is 1.77. The molecule has 0 saturated heterocycles. The molecular formula is C10H11N5. The summed E-state index contributed by atoms with van der Waals surface area (Å²) in [5, 5.41) is 0. The highest BCUT2D eigenvalue weighted by atomic mass is 15.6. The Balaban J connectivity index is 1.81. The van der Waals surface area contributed by atoms with Crippen molar-refractivity contribution in [3.8, 4) is 0 Å². The highest BCUT2D eigenvalue weighted by Crippen LogP contribution is 2.02. The van der Waals surface area contributed by atoms with E-state index in [4.69, 9.17) is 0 Å². The second kappa shape index (κ2) is 4.92. The van der Waals surface area contributed by atoms with Crippen molar-refractivity contribution >= 4 is 11.4 Å². The average molecular weight is 201 g/mol. The van der Waals surface area contributed by atoms with Crippen LogP contribution in [0.25, 0.3) is 0 Å². The second-order valence-electron chi connectivity index (χ2n) is 2.85. The molecule has 0 unspecified atom stereocenters. The Morgan fingerprint density at radius 3 is 1.47 bits per heavy atom. The molecule has 0 atom stereocenters. The highest BCUT2D eigenvalue weighted by Gasteiger charge is 1.89. The van der Waals surface area contributed by atoms with Crippen molar-refractivity contribution in [2.24, 2.45) is 0 Å². The van der Waals surface area contributed by atoms with Crippen LogP contribution in [0.2, 0.25) is 0 Å². The molecule has 2 aromatic rings. The molecular weight excluding hydrogens is 190 g/mol. The fourth-order valence-corrected chi connectivity index (χ4v) is 1.05. The molecule has 0 aromatic carbocycles. The molecule has 0 saturated carbocycles. The number of anilines is 2. The molecule has 0 aliphatic carbocycles. The highest BCUT2D eigenvalue weighted by molar-refractivity contribution is 5.43. The molecule has 15 heavy (non-hydrogen) atoms. The van der Waals surface area contributed by atoms with Crippen LogP contribution in [0.3, 0.4) is 0 Å². The van der Waals surface area contributed by atoms with Gasteiger partial charge < -0.3 is 10.9 Å². The molecule has 5 nitrogen and oxygen atoms in total. The van der Waals surface area contributed by atoms with Crippen molar-refractivity contribution in [1.82, 2.24) is 15.5 Å². The first-order chi connectivity index (χ1) is 7.45. The van der Waals surface area contributed by atoms with Gasteiger partial charge in [0, 0.05) is 24.8 Å². The summed E-state index contributed by atoms with van der Waals surface area (Å²) in [5.74, 6) is 0. The number of rotatable bonds is 4. The van der Waals surface area contributed by atoms with Gasteiger partial charge in [-0.1, -0.05) is 0 Å². The Bertz CT molecular complexity index is 350. The standard InChI is InChI=1S/C10H11N5/c1-5-11-6-2-9(1)13-15-14-10-3-7-12-8-4-10/h1-8,15H,(H,11,13)(H,12,14). The number of nitrogens with one attached hydrogen (secondary N) is 3. The minimum atomic E-state index is 0.937. The third kappa shape index (κ3) is 2.92. The topological polar surface area (TPSA) is 61.9 Å². The molecule has 5 heteroatoms. The Hall–Kier alpha value is -2.14. The zero-order chi connectivity index (χ0) is 10.3. The number of hydrogen-bond donors (Lipinski definition) is 3. The fourth-order valence-electron chi connectivity index (χ4n) is 1.05. The van der Waals surface area contributed by atoms with Gasteiger partial charge in [0.1, 0.15) is 0 Å². The van der Waals surface area contributed by atoms with Crippen molar-refractivity contribution in [1.29, 1.82) is 0 Å². The van der Waals surface area contributed by atoms with E-state index in [0.717, 1.165) is 11.4 Å². The smallest absolute Gasteiger partial charge is 0.0535 e. The minimum Gasteiger partial charge on any atom is -0.304 e. The monoisotopic (exact) mass is 201 g/mol. The lowest BCUT2D eigenvalue weighted by Gasteiger charge is -2.09. The molecule has 0 bridgehead atoms. The van der Waals surface area contributed by atoms with Crippen LogP contribution in [0.4, 0.5) is 11.4 Å². The molecule has 0 fully saturated rings. The minimum absolute atomic E-state index is 0.937. The molecule has 2 heterocycles. The van der Waals surface area contributed by atoms with Crippen LogP contribution in [0.15, 0.2) is 49.1 Å². The second-order valence-corrected chi connectivity index (χ2v) is 2.85. The SMILES string of the molecule is c1cc(NNNc2ccncc2)ccn1. The van der Waals surface area contributed by atoms with Gasteiger partial charge in [-0.05, 0) is 24.3 Å². The van der Waals surface area contributed by atoms with Gasteiger partial charge in [0.25, 0.3) is 0 Å². The molecule has 2 aromatic heterocycles. The molecule has 3 N–H and O–H groups in total. The lowest BCUT2D eigenvalue weighted by molar-refractivity contribution is 0.951. The summed E-state index contributed by atoms with van der Waals surface area (Å²) in [7, 11) is 0. The molecule has 0 radical (unpaired) electrons. The third-order valence-electron chi connectivity index (χ3n) is 1.77. The summed E-state index contributed by atoms with van der Waals surface area (Å²) < 4.78 is 0. The Morgan fingerprint density at radius 1 is 0.667 bits per heavy atom. The summed E-state index contributed by atoms with van der Waals surface area (Å²) in [4.78, 5) is 7.83. The van der Waals surface area contributed by atoms with E-state index in [-0.39, 0.29) is 0 Å². The van der Waals surface area contributed by atoms with Gasteiger partial charge in [-0.3, -0.25) is 9.97 Å². The Kier molecular flexibility index (Phi) is 3.09. The molecule has 0 spiro atoms. The normalized spacial score (nSPS) is 9.60. The van der Waals surface area contributed by atoms with Crippen LogP contribution >= 0.6 is 0 Å². The Labute approximate surface area is 87.5 Å². The van der Waals surface area contributed by atoms with Crippen molar-refractivity contribution in [2.75, 3.05) is 10.9 Å². The van der Waals surface area contributed by atoms with E-state index in [1.165, 1.54) is 0 Å². The van der Waals surface area contributed by atoms with Gasteiger partial charge >= 0.3 is 0 Å². The van der Waals surface area contributed by atoms with Crippen LogP contribution in [-0.4, -0.2) is 9.97 Å². The largest absolute Gasteiger partial charge is 0.304 e. The average Bonchev–Trinajstić information content (AvgIpc) is 2.32. The first kappa shape index (κ1) is 9.42. The summed E-state index contributed by atoms with van der Waals surface area (Å²) >= 11 is 0. The predicted molar refractivity (Wildman–Crippen MR) is 58.9 cm³/mol. The van der Waals surface area contributed by atoms with E-state index in [2.05, 4.69) is 26.4 Å². The van der Waals surface area contributed by atoms with Gasteiger partial charge in [0.05, 0.1) is 11.4 Å². The molecule has 2 rings (SSSR count). The molecule has 0 aliphatic rings. The lowest BCUT2D eigenvalue weighted by atomic mass is 10.4. The molecule has 0 amide bonds. The summed E-state index contributed by atoms with van der Waals surface area (Å²) in [6.07, 6.45) is 6.87. The number of pyridine rings is 2. The molecule has 76 valence electrons. The Morgan fingerprint density at radius 2 is 1.07 bits per heavy atom. The van der Waals surface area contributed by atoms with E-state index in [0.29, 0.717) is 0 Å². The summed E-state index contributed by atoms with van der Waals surface area (Å²) in [6.45, 7) is 0. The van der Waals surface area contributed by atoms with Crippen molar-refractivity contribution in [2.45, 2.75) is 0 Å². The lowest BCUT2D eigenvalue weighted by Crippen LogP contribution is -2.27. The maximum absolute atomic E-state index is 3.92. The number of nitrogens with zero attached hydrogens (tertiary/aromatic N) is 2. The van der Waals surface area contributed by atoms with Crippen molar-refractivity contribution < 1.29 is 0 Å². The van der Waals surface area contributed by atoms with Gasteiger partial charge in [-0.2, -0.15) is 5.53 Å². The van der Waals surface area contributed by atoms with Crippen LogP contribution in [0, 0.1) is 0 Å². The van der Waals surface area contributed by atoms with E-state index in [1.807, 2.05) is 24.3 Å². The first-order valence-electron chi connectivity index (χ1n) is 4.52. The summed E-state index contributed by atoms with van der Waals surface area (Å²) in [6, 6.07) is 7.45. The predicted octanol–water partition coefficient (Wildman–Crippen LogP) is 1.42. The number of hydrazine groups is 2. The van der Waals surface area contributed by atoms with Gasteiger partial charge in [0.15, 0.2) is 0 Å². The fraction of sp³-hybridized carbons (Fsp3) is 0. The van der Waals surface area contributed by atoms with E-state index in [1.54, 1.807) is 24.8 Å². The quantitative estimate of drug-likeness (QED) is 0.653. The maximum Gasteiger partial charge on any atom is 0.0535 e. The zero-order valence-corrected chi connectivity index (χ0v) is 8.01. The maximum atomic E-state index is 3.92. The summed E-state index contributed by atoms with van der Waals surface area (Å²) in [5.41, 5.74) is 10.7. The van der Waals surface area contributed by atoms with Gasteiger partial charge in [0.2, 0.25) is 0 Å². The van der Waals surface area contributed by atoms with Crippen LogP contribution in [-0.2, 0) is 0 Å². The van der Waals surface area contributed by atoms with E-state index < -0.39 is 0 Å². The van der Waals surface area contributed by atoms with Gasteiger partial charge in [-0.15, -0.1) is 0 Å². The van der Waals surface area contributed by atoms with E-state index >= 15 is 0 Å². The van der Waals surface area contributed by atoms with Crippen molar-refractivity contribution in [3.05, 3.63) is 49.1 Å². The zero-order valence-electron chi connectivity index (χ0n) is 8.01.